The lowest BCUT2D eigenvalue weighted by atomic mass is 10.0. The normalized spacial score (nSPS) is 12.4. The van der Waals surface area contributed by atoms with E-state index in [1.165, 1.54) is 0 Å². The molecular formula is C13H15ClN2OS. The van der Waals surface area contributed by atoms with E-state index in [2.05, 4.69) is 10.3 Å². The molecule has 1 unspecified atom stereocenters. The number of nitrogens with one attached hydrogen (secondary N) is 1. The van der Waals surface area contributed by atoms with Crippen LogP contribution in [-0.2, 0) is 6.42 Å². The van der Waals surface area contributed by atoms with Gasteiger partial charge in [-0.15, -0.1) is 11.3 Å². The molecule has 18 heavy (non-hydrogen) atoms. The van der Waals surface area contributed by atoms with Crippen molar-refractivity contribution < 1.29 is 4.74 Å². The highest BCUT2D eigenvalue weighted by Gasteiger charge is 2.16. The minimum Gasteiger partial charge on any atom is -0.496 e. The zero-order valence-corrected chi connectivity index (χ0v) is 11.9. The Morgan fingerprint density at radius 2 is 2.33 bits per heavy atom. The predicted molar refractivity (Wildman–Crippen MR) is 75.6 cm³/mol. The maximum atomic E-state index is 5.98. The molecule has 0 radical (unpaired) electrons. The van der Waals surface area contributed by atoms with E-state index < -0.39 is 0 Å². The van der Waals surface area contributed by atoms with Crippen LogP contribution in [0.5, 0.6) is 5.75 Å². The standard InChI is InChI=1S/C13H15ClN2OS/c1-15-11(8-13-16-5-6-18-13)10-4-3-9(14)7-12(10)17-2/h3-7,11,15H,8H2,1-2H3. The highest BCUT2D eigenvalue weighted by atomic mass is 35.5. The molecule has 0 saturated heterocycles. The van der Waals surface area contributed by atoms with Crippen LogP contribution in [0.3, 0.4) is 0 Å². The van der Waals surface area contributed by atoms with E-state index in [9.17, 15) is 0 Å². The van der Waals surface area contributed by atoms with Crippen LogP contribution in [0.15, 0.2) is 29.8 Å². The van der Waals surface area contributed by atoms with Gasteiger partial charge in [0.2, 0.25) is 0 Å². The first-order valence-corrected chi connectivity index (χ1v) is 6.89. The number of aromatic nitrogens is 1. The Morgan fingerprint density at radius 1 is 1.50 bits per heavy atom. The van der Waals surface area contributed by atoms with Crippen LogP contribution in [0.25, 0.3) is 0 Å². The molecule has 0 aliphatic rings. The van der Waals surface area contributed by atoms with Crippen molar-refractivity contribution >= 4 is 22.9 Å². The second-order valence-corrected chi connectivity index (χ2v) is 5.27. The Hall–Kier alpha value is -1.10. The molecule has 0 amide bonds. The van der Waals surface area contributed by atoms with Gasteiger partial charge in [-0.2, -0.15) is 0 Å². The molecule has 5 heteroatoms. The van der Waals surface area contributed by atoms with Crippen molar-refractivity contribution in [3.05, 3.63) is 45.4 Å². The molecule has 0 aliphatic carbocycles. The lowest BCUT2D eigenvalue weighted by molar-refractivity contribution is 0.401. The van der Waals surface area contributed by atoms with E-state index in [0.29, 0.717) is 5.02 Å². The Morgan fingerprint density at radius 3 is 2.94 bits per heavy atom. The van der Waals surface area contributed by atoms with Gasteiger partial charge in [0.05, 0.1) is 12.1 Å². The van der Waals surface area contributed by atoms with E-state index in [-0.39, 0.29) is 6.04 Å². The SMILES string of the molecule is CNC(Cc1nccs1)c1ccc(Cl)cc1OC. The largest absolute Gasteiger partial charge is 0.496 e. The van der Waals surface area contributed by atoms with Crippen LogP contribution in [0.1, 0.15) is 16.6 Å². The molecule has 1 heterocycles. The zero-order chi connectivity index (χ0) is 13.0. The van der Waals surface area contributed by atoms with Crippen molar-refractivity contribution in [2.75, 3.05) is 14.2 Å². The predicted octanol–water partition coefficient (Wildman–Crippen LogP) is 3.31. The fourth-order valence-corrected chi connectivity index (χ4v) is 2.69. The summed E-state index contributed by atoms with van der Waals surface area (Å²) in [5, 5.41) is 7.07. The molecule has 3 nitrogen and oxygen atoms in total. The fourth-order valence-electron chi connectivity index (χ4n) is 1.87. The summed E-state index contributed by atoms with van der Waals surface area (Å²) in [7, 11) is 3.59. The Labute approximate surface area is 116 Å². The van der Waals surface area contributed by atoms with Gasteiger partial charge in [0, 0.05) is 34.6 Å². The summed E-state index contributed by atoms with van der Waals surface area (Å²) < 4.78 is 5.39. The van der Waals surface area contributed by atoms with Crippen LogP contribution in [0, 0.1) is 0 Å². The third-order valence-electron chi connectivity index (χ3n) is 2.78. The average molecular weight is 283 g/mol. The maximum absolute atomic E-state index is 5.98. The van der Waals surface area contributed by atoms with Crippen molar-refractivity contribution in [2.24, 2.45) is 0 Å². The average Bonchev–Trinajstić information content (AvgIpc) is 2.89. The van der Waals surface area contributed by atoms with Crippen molar-refractivity contribution in [1.29, 1.82) is 0 Å². The van der Waals surface area contributed by atoms with Gasteiger partial charge in [0.1, 0.15) is 5.75 Å². The second kappa shape index (κ2) is 6.18. The molecule has 1 aromatic carbocycles. The van der Waals surface area contributed by atoms with Crippen molar-refractivity contribution in [1.82, 2.24) is 10.3 Å². The molecule has 1 aromatic heterocycles. The van der Waals surface area contributed by atoms with Crippen LogP contribution in [0.4, 0.5) is 0 Å². The van der Waals surface area contributed by atoms with Crippen LogP contribution < -0.4 is 10.1 Å². The lowest BCUT2D eigenvalue weighted by Gasteiger charge is -2.18. The van der Waals surface area contributed by atoms with Crippen molar-refractivity contribution in [3.8, 4) is 5.75 Å². The monoisotopic (exact) mass is 282 g/mol. The van der Waals surface area contributed by atoms with Gasteiger partial charge in [-0.1, -0.05) is 17.7 Å². The summed E-state index contributed by atoms with van der Waals surface area (Å²) in [5.41, 5.74) is 1.10. The summed E-state index contributed by atoms with van der Waals surface area (Å²) in [6, 6.07) is 5.88. The van der Waals surface area contributed by atoms with E-state index in [4.69, 9.17) is 16.3 Å². The summed E-state index contributed by atoms with van der Waals surface area (Å²) in [6.07, 6.45) is 2.66. The molecule has 0 aliphatic heterocycles. The van der Waals surface area contributed by atoms with Crippen LogP contribution in [-0.4, -0.2) is 19.1 Å². The summed E-state index contributed by atoms with van der Waals surface area (Å²) in [6.45, 7) is 0. The first-order chi connectivity index (χ1) is 8.74. The summed E-state index contributed by atoms with van der Waals surface area (Å²) in [5.74, 6) is 0.804. The first-order valence-electron chi connectivity index (χ1n) is 5.63. The number of methoxy groups -OCH3 is 1. The van der Waals surface area contributed by atoms with Gasteiger partial charge in [0.25, 0.3) is 0 Å². The van der Waals surface area contributed by atoms with Crippen LogP contribution >= 0.6 is 22.9 Å². The maximum Gasteiger partial charge on any atom is 0.125 e. The van der Waals surface area contributed by atoms with Gasteiger partial charge in [-0.05, 0) is 19.2 Å². The van der Waals surface area contributed by atoms with Crippen molar-refractivity contribution in [2.45, 2.75) is 12.5 Å². The van der Waals surface area contributed by atoms with Gasteiger partial charge in [-0.3, -0.25) is 0 Å². The minimum atomic E-state index is 0.170. The number of likely N-dealkylation sites (N-methyl/N-ethyl adjacent to an activating group) is 1. The molecule has 0 fully saturated rings. The summed E-state index contributed by atoms with van der Waals surface area (Å²) >= 11 is 7.64. The third-order valence-corrected chi connectivity index (χ3v) is 3.82. The molecule has 0 spiro atoms. The molecule has 2 rings (SSSR count). The minimum absolute atomic E-state index is 0.170. The number of hydrogen-bond donors (Lipinski definition) is 1. The number of hydrogen-bond acceptors (Lipinski definition) is 4. The number of rotatable bonds is 5. The number of ether oxygens (including phenoxy) is 1. The van der Waals surface area contributed by atoms with E-state index in [1.54, 1.807) is 18.4 Å². The highest BCUT2D eigenvalue weighted by Crippen LogP contribution is 2.30. The second-order valence-electron chi connectivity index (χ2n) is 3.86. The number of halogens is 1. The van der Waals surface area contributed by atoms with E-state index in [0.717, 1.165) is 22.7 Å². The number of thiazole rings is 1. The topological polar surface area (TPSA) is 34.2 Å². The Bertz CT molecular complexity index is 502. The molecule has 2 aromatic rings. The lowest BCUT2D eigenvalue weighted by Crippen LogP contribution is -2.19. The van der Waals surface area contributed by atoms with E-state index in [1.807, 2.05) is 36.8 Å². The fraction of sp³-hybridized carbons (Fsp3) is 0.308. The van der Waals surface area contributed by atoms with Gasteiger partial charge >= 0.3 is 0 Å². The van der Waals surface area contributed by atoms with Gasteiger partial charge in [0.15, 0.2) is 0 Å². The third kappa shape index (κ3) is 3.02. The number of nitrogens with zero attached hydrogens (tertiary/aromatic N) is 1. The molecule has 96 valence electrons. The smallest absolute Gasteiger partial charge is 0.125 e. The molecule has 0 bridgehead atoms. The molecule has 1 atom stereocenters. The van der Waals surface area contributed by atoms with E-state index >= 15 is 0 Å². The first kappa shape index (κ1) is 13.3. The summed E-state index contributed by atoms with van der Waals surface area (Å²) in [4.78, 5) is 4.31. The highest BCUT2D eigenvalue weighted by molar-refractivity contribution is 7.09. The quantitative estimate of drug-likeness (QED) is 0.914. The molecule has 0 saturated carbocycles. The zero-order valence-electron chi connectivity index (χ0n) is 10.3. The van der Waals surface area contributed by atoms with Gasteiger partial charge < -0.3 is 10.1 Å². The molecular weight excluding hydrogens is 268 g/mol. The molecule has 1 N–H and O–H groups in total. The Kier molecular flexibility index (Phi) is 4.58. The van der Waals surface area contributed by atoms with Gasteiger partial charge in [-0.25, -0.2) is 4.98 Å². The number of benzene rings is 1. The van der Waals surface area contributed by atoms with Crippen LogP contribution in [0.2, 0.25) is 5.02 Å². The Balaban J connectivity index is 2.26. The van der Waals surface area contributed by atoms with Crippen molar-refractivity contribution in [3.63, 3.8) is 0 Å².